The molecule has 1 amide bonds. The maximum atomic E-state index is 11.8. The van der Waals surface area contributed by atoms with Crippen LogP contribution in [-0.4, -0.2) is 37.2 Å². The molecule has 3 N–H and O–H groups in total. The van der Waals surface area contributed by atoms with Gasteiger partial charge >= 0.3 is 0 Å². The Bertz CT molecular complexity index is 435. The fourth-order valence-corrected chi connectivity index (χ4v) is 2.35. The van der Waals surface area contributed by atoms with Crippen molar-refractivity contribution in [1.29, 1.82) is 0 Å². The highest BCUT2D eigenvalue weighted by atomic mass is 32.2. The van der Waals surface area contributed by atoms with Crippen LogP contribution < -0.4 is 15.8 Å². The molecular formula is C12H16N2O3S. The first-order valence-electron chi connectivity index (χ1n) is 5.61. The molecule has 1 heterocycles. The molecule has 2 rings (SSSR count). The summed E-state index contributed by atoms with van der Waals surface area (Å²) in [6, 6.07) is 5.15. The van der Waals surface area contributed by atoms with Crippen molar-refractivity contribution in [3.63, 3.8) is 0 Å². The summed E-state index contributed by atoms with van der Waals surface area (Å²) >= 11 is 1.60. The number of carbonyl (C=O) groups is 1. The van der Waals surface area contributed by atoms with Gasteiger partial charge in [0, 0.05) is 11.8 Å². The molecule has 18 heavy (non-hydrogen) atoms. The maximum absolute atomic E-state index is 11.8. The Morgan fingerprint density at radius 1 is 1.61 bits per heavy atom. The minimum atomic E-state index is -0.0463. The molecule has 0 aliphatic carbocycles. The first-order chi connectivity index (χ1) is 8.69. The largest absolute Gasteiger partial charge is 0.494 e. The maximum Gasteiger partial charge on any atom is 0.234 e. The normalized spacial score (nSPS) is 14.9. The van der Waals surface area contributed by atoms with E-state index in [9.17, 15) is 4.79 Å². The van der Waals surface area contributed by atoms with Crippen molar-refractivity contribution in [1.82, 2.24) is 0 Å². The van der Waals surface area contributed by atoms with Gasteiger partial charge in [0.2, 0.25) is 5.91 Å². The molecule has 1 aromatic rings. The van der Waals surface area contributed by atoms with Gasteiger partial charge in [-0.3, -0.25) is 4.79 Å². The van der Waals surface area contributed by atoms with Crippen LogP contribution in [0.15, 0.2) is 18.2 Å². The third-order valence-corrected chi connectivity index (χ3v) is 3.73. The summed E-state index contributed by atoms with van der Waals surface area (Å²) in [4.78, 5) is 11.8. The van der Waals surface area contributed by atoms with E-state index >= 15 is 0 Å². The number of benzene rings is 1. The SMILES string of the molecule is COc1cc(N)ccc1NC(=O)CSC1COC1. The van der Waals surface area contributed by atoms with Crippen LogP contribution in [0.4, 0.5) is 11.4 Å². The Balaban J connectivity index is 1.89. The van der Waals surface area contributed by atoms with Gasteiger partial charge in [0.15, 0.2) is 0 Å². The van der Waals surface area contributed by atoms with Crippen LogP contribution in [0.5, 0.6) is 5.75 Å². The molecule has 0 aromatic heterocycles. The van der Waals surface area contributed by atoms with Crippen molar-refractivity contribution < 1.29 is 14.3 Å². The number of nitrogen functional groups attached to an aromatic ring is 1. The highest BCUT2D eigenvalue weighted by molar-refractivity contribution is 8.00. The Morgan fingerprint density at radius 3 is 3.00 bits per heavy atom. The molecule has 1 aliphatic rings. The van der Waals surface area contributed by atoms with Crippen LogP contribution in [0.3, 0.4) is 0 Å². The van der Waals surface area contributed by atoms with Gasteiger partial charge in [0.25, 0.3) is 0 Å². The summed E-state index contributed by atoms with van der Waals surface area (Å²) in [5.74, 6) is 0.942. The number of nitrogens with one attached hydrogen (secondary N) is 1. The number of thioether (sulfide) groups is 1. The van der Waals surface area contributed by atoms with E-state index in [-0.39, 0.29) is 5.91 Å². The van der Waals surface area contributed by atoms with E-state index in [1.165, 1.54) is 0 Å². The molecule has 0 bridgehead atoms. The molecule has 5 nitrogen and oxygen atoms in total. The van der Waals surface area contributed by atoms with Crippen LogP contribution in [0.2, 0.25) is 0 Å². The van der Waals surface area contributed by atoms with Crippen molar-refractivity contribution in [3.05, 3.63) is 18.2 Å². The monoisotopic (exact) mass is 268 g/mol. The summed E-state index contributed by atoms with van der Waals surface area (Å²) in [6.07, 6.45) is 0. The third kappa shape index (κ3) is 3.30. The van der Waals surface area contributed by atoms with Crippen molar-refractivity contribution >= 4 is 29.0 Å². The average molecular weight is 268 g/mol. The number of amides is 1. The van der Waals surface area contributed by atoms with Crippen LogP contribution >= 0.6 is 11.8 Å². The van der Waals surface area contributed by atoms with Gasteiger partial charge < -0.3 is 20.5 Å². The molecule has 1 aliphatic heterocycles. The number of rotatable bonds is 5. The third-order valence-electron chi connectivity index (χ3n) is 2.56. The van der Waals surface area contributed by atoms with Gasteiger partial charge in [-0.2, -0.15) is 0 Å². The molecule has 1 aromatic carbocycles. The Labute approximate surface area is 110 Å². The lowest BCUT2D eigenvalue weighted by Gasteiger charge is -2.24. The van der Waals surface area contributed by atoms with Gasteiger partial charge in [-0.15, -0.1) is 11.8 Å². The lowest BCUT2D eigenvalue weighted by Crippen LogP contribution is -2.32. The first-order valence-corrected chi connectivity index (χ1v) is 6.66. The molecule has 0 saturated carbocycles. The van der Waals surface area contributed by atoms with E-state index in [1.54, 1.807) is 37.1 Å². The average Bonchev–Trinajstić information content (AvgIpc) is 2.29. The van der Waals surface area contributed by atoms with Gasteiger partial charge in [-0.1, -0.05) is 0 Å². The Hall–Kier alpha value is -1.40. The number of nitrogens with two attached hydrogens (primary N) is 1. The minimum Gasteiger partial charge on any atom is -0.494 e. The lowest BCUT2D eigenvalue weighted by atomic mass is 10.2. The summed E-state index contributed by atoms with van der Waals surface area (Å²) in [7, 11) is 1.55. The predicted molar refractivity (Wildman–Crippen MR) is 73.1 cm³/mol. The highest BCUT2D eigenvalue weighted by Gasteiger charge is 2.20. The summed E-state index contributed by atoms with van der Waals surface area (Å²) < 4.78 is 10.2. The number of hydrogen-bond acceptors (Lipinski definition) is 5. The standard InChI is InChI=1S/C12H16N2O3S/c1-16-11-4-8(13)2-3-10(11)14-12(15)7-18-9-5-17-6-9/h2-4,9H,5-7,13H2,1H3,(H,14,15). The van der Waals surface area contributed by atoms with Crippen molar-refractivity contribution in [2.45, 2.75) is 5.25 Å². The first kappa shape index (κ1) is 13.0. The number of hydrogen-bond donors (Lipinski definition) is 2. The van der Waals surface area contributed by atoms with E-state index in [0.29, 0.717) is 28.1 Å². The molecule has 6 heteroatoms. The van der Waals surface area contributed by atoms with Crippen LogP contribution in [0, 0.1) is 0 Å². The number of anilines is 2. The smallest absolute Gasteiger partial charge is 0.234 e. The van der Waals surface area contributed by atoms with E-state index in [2.05, 4.69) is 5.32 Å². The summed E-state index contributed by atoms with van der Waals surface area (Å²) in [5.41, 5.74) is 6.89. The fourth-order valence-electron chi connectivity index (χ4n) is 1.50. The van der Waals surface area contributed by atoms with Gasteiger partial charge in [0.05, 0.1) is 37.0 Å². The highest BCUT2D eigenvalue weighted by Crippen LogP contribution is 2.27. The van der Waals surface area contributed by atoms with E-state index < -0.39 is 0 Å². The number of carbonyl (C=O) groups excluding carboxylic acids is 1. The van der Waals surface area contributed by atoms with E-state index in [1.807, 2.05) is 0 Å². The zero-order chi connectivity index (χ0) is 13.0. The number of ether oxygens (including phenoxy) is 2. The lowest BCUT2D eigenvalue weighted by molar-refractivity contribution is -0.113. The summed E-state index contributed by atoms with van der Waals surface area (Å²) in [6.45, 7) is 1.48. The molecule has 1 saturated heterocycles. The van der Waals surface area contributed by atoms with Crippen LogP contribution in [-0.2, 0) is 9.53 Å². The molecule has 0 radical (unpaired) electrons. The molecule has 0 unspecified atom stereocenters. The van der Waals surface area contributed by atoms with Gasteiger partial charge in [-0.25, -0.2) is 0 Å². The molecule has 0 spiro atoms. The zero-order valence-corrected chi connectivity index (χ0v) is 11.0. The Kier molecular flexibility index (Phi) is 4.33. The minimum absolute atomic E-state index is 0.0463. The molecule has 0 atom stereocenters. The number of methoxy groups -OCH3 is 1. The Morgan fingerprint density at radius 2 is 2.39 bits per heavy atom. The zero-order valence-electron chi connectivity index (χ0n) is 10.1. The van der Waals surface area contributed by atoms with Gasteiger partial charge in [-0.05, 0) is 12.1 Å². The second-order valence-electron chi connectivity index (χ2n) is 3.98. The second-order valence-corrected chi connectivity index (χ2v) is 5.27. The van der Waals surface area contributed by atoms with Crippen LogP contribution in [0.1, 0.15) is 0 Å². The van der Waals surface area contributed by atoms with E-state index in [0.717, 1.165) is 13.2 Å². The quantitative estimate of drug-likeness (QED) is 0.789. The predicted octanol–water partition coefficient (Wildman–Crippen LogP) is 1.35. The van der Waals surface area contributed by atoms with Crippen molar-refractivity contribution in [2.24, 2.45) is 0 Å². The molecule has 98 valence electrons. The summed E-state index contributed by atoms with van der Waals surface area (Å²) in [5, 5.41) is 3.26. The van der Waals surface area contributed by atoms with E-state index in [4.69, 9.17) is 15.2 Å². The van der Waals surface area contributed by atoms with Crippen LogP contribution in [0.25, 0.3) is 0 Å². The topological polar surface area (TPSA) is 73.6 Å². The van der Waals surface area contributed by atoms with Gasteiger partial charge in [0.1, 0.15) is 5.75 Å². The fraction of sp³-hybridized carbons (Fsp3) is 0.417. The molecule has 1 fully saturated rings. The van der Waals surface area contributed by atoms with Crippen molar-refractivity contribution in [2.75, 3.05) is 37.1 Å². The molecular weight excluding hydrogens is 252 g/mol. The second kappa shape index (κ2) is 5.97. The van der Waals surface area contributed by atoms with Crippen molar-refractivity contribution in [3.8, 4) is 5.75 Å².